The number of fused-ring (bicyclic) bond motifs is 1. The maximum absolute atomic E-state index is 12.2. The first-order valence-corrected chi connectivity index (χ1v) is 6.96. The number of carbonyl (C=O) groups excluding carboxylic acids is 1. The third-order valence-corrected chi connectivity index (χ3v) is 3.51. The molecule has 0 atom stereocenters. The Hall–Kier alpha value is -2.49. The van der Waals surface area contributed by atoms with E-state index in [-0.39, 0.29) is 5.91 Å². The van der Waals surface area contributed by atoms with Gasteiger partial charge in [-0.3, -0.25) is 4.79 Å². The number of rotatable bonds is 3. The van der Waals surface area contributed by atoms with Gasteiger partial charge in [0.05, 0.1) is 0 Å². The fraction of sp³-hybridized carbons (Fsp3) is 0.235. The molecule has 21 heavy (non-hydrogen) atoms. The molecular formula is C17H17NO3. The van der Waals surface area contributed by atoms with Crippen molar-refractivity contribution in [3.05, 3.63) is 59.2 Å². The lowest BCUT2D eigenvalue weighted by Gasteiger charge is -2.18. The summed E-state index contributed by atoms with van der Waals surface area (Å²) in [6.07, 6.45) is 0. The van der Waals surface area contributed by atoms with Crippen molar-refractivity contribution < 1.29 is 14.3 Å². The second kappa shape index (κ2) is 5.87. The molecule has 4 nitrogen and oxygen atoms in total. The van der Waals surface area contributed by atoms with Crippen LogP contribution in [-0.2, 0) is 6.54 Å². The van der Waals surface area contributed by atoms with Gasteiger partial charge in [-0.05, 0) is 36.2 Å². The first-order chi connectivity index (χ1) is 10.2. The van der Waals surface area contributed by atoms with E-state index in [1.165, 1.54) is 5.56 Å². The second-order valence-electron chi connectivity index (χ2n) is 4.97. The summed E-state index contributed by atoms with van der Waals surface area (Å²) in [6, 6.07) is 13.3. The summed E-state index contributed by atoms with van der Waals surface area (Å²) in [5.74, 6) is 1.21. The standard InChI is InChI=1S/C17H17NO3/c1-12-4-2-3-5-14(12)11-18-17(19)13-6-7-15-16(10-13)21-9-8-20-15/h2-7,10H,8-9,11H2,1H3,(H,18,19). The summed E-state index contributed by atoms with van der Waals surface area (Å²) in [4.78, 5) is 12.2. The smallest absolute Gasteiger partial charge is 0.251 e. The van der Waals surface area contributed by atoms with Crippen molar-refractivity contribution in [3.8, 4) is 11.5 Å². The average molecular weight is 283 g/mol. The molecule has 3 rings (SSSR count). The number of amides is 1. The Morgan fingerprint density at radius 2 is 1.86 bits per heavy atom. The fourth-order valence-electron chi connectivity index (χ4n) is 2.27. The highest BCUT2D eigenvalue weighted by atomic mass is 16.6. The van der Waals surface area contributed by atoms with E-state index in [9.17, 15) is 4.79 Å². The predicted molar refractivity (Wildman–Crippen MR) is 79.8 cm³/mol. The molecule has 1 amide bonds. The zero-order valence-electron chi connectivity index (χ0n) is 11.9. The van der Waals surface area contributed by atoms with Gasteiger partial charge in [-0.25, -0.2) is 0 Å². The third kappa shape index (κ3) is 2.99. The molecule has 0 radical (unpaired) electrons. The molecule has 0 spiro atoms. The lowest BCUT2D eigenvalue weighted by Crippen LogP contribution is -2.23. The summed E-state index contributed by atoms with van der Waals surface area (Å²) in [5.41, 5.74) is 2.86. The van der Waals surface area contributed by atoms with E-state index in [1.807, 2.05) is 31.2 Å². The summed E-state index contributed by atoms with van der Waals surface area (Å²) in [6.45, 7) is 3.61. The molecule has 0 fully saturated rings. The van der Waals surface area contributed by atoms with Crippen LogP contribution >= 0.6 is 0 Å². The number of aryl methyl sites for hydroxylation is 1. The molecule has 1 aliphatic rings. The van der Waals surface area contributed by atoms with Crippen molar-refractivity contribution in [1.82, 2.24) is 5.32 Å². The number of hydrogen-bond donors (Lipinski definition) is 1. The van der Waals surface area contributed by atoms with E-state index in [2.05, 4.69) is 5.32 Å². The molecule has 1 heterocycles. The number of benzene rings is 2. The topological polar surface area (TPSA) is 47.6 Å². The van der Waals surface area contributed by atoms with Gasteiger partial charge in [-0.1, -0.05) is 24.3 Å². The van der Waals surface area contributed by atoms with Crippen LogP contribution in [0, 0.1) is 6.92 Å². The maximum Gasteiger partial charge on any atom is 0.251 e. The van der Waals surface area contributed by atoms with Gasteiger partial charge in [0.1, 0.15) is 13.2 Å². The number of nitrogens with one attached hydrogen (secondary N) is 1. The highest BCUT2D eigenvalue weighted by Gasteiger charge is 2.14. The van der Waals surface area contributed by atoms with Crippen molar-refractivity contribution >= 4 is 5.91 Å². The van der Waals surface area contributed by atoms with Crippen LogP contribution < -0.4 is 14.8 Å². The predicted octanol–water partition coefficient (Wildman–Crippen LogP) is 2.70. The molecule has 1 aliphatic heterocycles. The Bertz CT molecular complexity index is 667. The minimum Gasteiger partial charge on any atom is -0.486 e. The highest BCUT2D eigenvalue weighted by molar-refractivity contribution is 5.94. The average Bonchev–Trinajstić information content (AvgIpc) is 2.53. The van der Waals surface area contributed by atoms with Crippen molar-refractivity contribution in [2.45, 2.75) is 13.5 Å². The molecule has 0 aromatic heterocycles. The summed E-state index contributed by atoms with van der Waals surface area (Å²) in [7, 11) is 0. The van der Waals surface area contributed by atoms with E-state index < -0.39 is 0 Å². The largest absolute Gasteiger partial charge is 0.486 e. The second-order valence-corrected chi connectivity index (χ2v) is 4.97. The van der Waals surface area contributed by atoms with Crippen LogP contribution in [0.25, 0.3) is 0 Å². The maximum atomic E-state index is 12.2. The van der Waals surface area contributed by atoms with Gasteiger partial charge < -0.3 is 14.8 Å². The Morgan fingerprint density at radius 3 is 2.67 bits per heavy atom. The van der Waals surface area contributed by atoms with Gasteiger partial charge in [0.2, 0.25) is 0 Å². The van der Waals surface area contributed by atoms with E-state index in [4.69, 9.17) is 9.47 Å². The molecule has 2 aromatic rings. The van der Waals surface area contributed by atoms with Crippen LogP contribution in [0.5, 0.6) is 11.5 Å². The van der Waals surface area contributed by atoms with E-state index in [1.54, 1.807) is 18.2 Å². The third-order valence-electron chi connectivity index (χ3n) is 3.51. The fourth-order valence-corrected chi connectivity index (χ4v) is 2.27. The molecule has 0 saturated heterocycles. The molecule has 0 bridgehead atoms. The van der Waals surface area contributed by atoms with Crippen molar-refractivity contribution in [2.24, 2.45) is 0 Å². The van der Waals surface area contributed by atoms with E-state index >= 15 is 0 Å². The highest BCUT2D eigenvalue weighted by Crippen LogP contribution is 2.30. The van der Waals surface area contributed by atoms with Crippen molar-refractivity contribution in [1.29, 1.82) is 0 Å². The quantitative estimate of drug-likeness (QED) is 0.942. The van der Waals surface area contributed by atoms with Gasteiger partial charge in [0.25, 0.3) is 5.91 Å². The zero-order valence-corrected chi connectivity index (χ0v) is 11.9. The van der Waals surface area contributed by atoms with Crippen LogP contribution in [0.3, 0.4) is 0 Å². The molecule has 1 N–H and O–H groups in total. The van der Waals surface area contributed by atoms with Crippen molar-refractivity contribution in [3.63, 3.8) is 0 Å². The monoisotopic (exact) mass is 283 g/mol. The Kier molecular flexibility index (Phi) is 3.77. The lowest BCUT2D eigenvalue weighted by atomic mass is 10.1. The molecule has 0 unspecified atom stereocenters. The van der Waals surface area contributed by atoms with Gasteiger partial charge in [0, 0.05) is 12.1 Å². The van der Waals surface area contributed by atoms with Crippen molar-refractivity contribution in [2.75, 3.05) is 13.2 Å². The molecular weight excluding hydrogens is 266 g/mol. The first-order valence-electron chi connectivity index (χ1n) is 6.96. The Labute approximate surface area is 123 Å². The van der Waals surface area contributed by atoms with Gasteiger partial charge in [0.15, 0.2) is 11.5 Å². The summed E-state index contributed by atoms with van der Waals surface area (Å²) in [5, 5.41) is 2.93. The van der Waals surface area contributed by atoms with Crippen LogP contribution in [0.4, 0.5) is 0 Å². The number of carbonyl (C=O) groups is 1. The molecule has 0 saturated carbocycles. The van der Waals surface area contributed by atoms with E-state index in [0.29, 0.717) is 36.8 Å². The van der Waals surface area contributed by atoms with Crippen LogP contribution in [0.15, 0.2) is 42.5 Å². The van der Waals surface area contributed by atoms with Gasteiger partial charge in [-0.15, -0.1) is 0 Å². The molecule has 0 aliphatic carbocycles. The minimum absolute atomic E-state index is 0.116. The first kappa shape index (κ1) is 13.5. The molecule has 2 aromatic carbocycles. The molecule has 4 heteroatoms. The van der Waals surface area contributed by atoms with Gasteiger partial charge in [-0.2, -0.15) is 0 Å². The van der Waals surface area contributed by atoms with Crippen LogP contribution in [0.1, 0.15) is 21.5 Å². The SMILES string of the molecule is Cc1ccccc1CNC(=O)c1ccc2c(c1)OCCO2. The minimum atomic E-state index is -0.116. The normalized spacial score (nSPS) is 12.8. The summed E-state index contributed by atoms with van der Waals surface area (Å²) < 4.78 is 10.9. The van der Waals surface area contributed by atoms with Crippen LogP contribution in [-0.4, -0.2) is 19.1 Å². The number of hydrogen-bond acceptors (Lipinski definition) is 3. The zero-order chi connectivity index (χ0) is 14.7. The van der Waals surface area contributed by atoms with Crippen LogP contribution in [0.2, 0.25) is 0 Å². The Balaban J connectivity index is 1.69. The molecule has 108 valence electrons. The summed E-state index contributed by atoms with van der Waals surface area (Å²) >= 11 is 0. The lowest BCUT2D eigenvalue weighted by molar-refractivity contribution is 0.0949. The van der Waals surface area contributed by atoms with Gasteiger partial charge >= 0.3 is 0 Å². The number of ether oxygens (including phenoxy) is 2. The van der Waals surface area contributed by atoms with E-state index in [0.717, 1.165) is 5.56 Å². The Morgan fingerprint density at radius 1 is 1.10 bits per heavy atom.